The standard InChI is InChI=1S/C16H18N2O2/c17-18-16(19)7-4-12-20-15-10-8-14(9-11-15)13-5-2-1-3-6-13/h1-3,5-6,8-11H,4,7,12,17H2,(H,18,19). The first-order chi connectivity index (χ1) is 9.79. The van der Waals surface area contributed by atoms with E-state index in [2.05, 4.69) is 17.6 Å². The Morgan fingerprint density at radius 1 is 1.00 bits per heavy atom. The molecule has 0 heterocycles. The van der Waals surface area contributed by atoms with E-state index in [4.69, 9.17) is 10.6 Å². The molecule has 0 atom stereocenters. The van der Waals surface area contributed by atoms with Crippen LogP contribution in [0, 0.1) is 0 Å². The SMILES string of the molecule is NNC(=O)CCCOc1ccc(-c2ccccc2)cc1. The number of amides is 1. The molecule has 0 spiro atoms. The molecule has 1 amide bonds. The van der Waals surface area contributed by atoms with Crippen LogP contribution in [0.4, 0.5) is 0 Å². The lowest BCUT2D eigenvalue weighted by Crippen LogP contribution is -2.29. The van der Waals surface area contributed by atoms with Crippen molar-refractivity contribution in [1.82, 2.24) is 5.43 Å². The molecule has 0 saturated heterocycles. The van der Waals surface area contributed by atoms with Crippen LogP contribution in [-0.4, -0.2) is 12.5 Å². The predicted octanol–water partition coefficient (Wildman–Crippen LogP) is 2.50. The first kappa shape index (κ1) is 14.1. The van der Waals surface area contributed by atoms with Gasteiger partial charge in [-0.1, -0.05) is 42.5 Å². The topological polar surface area (TPSA) is 64.3 Å². The van der Waals surface area contributed by atoms with Crippen LogP contribution in [0.25, 0.3) is 11.1 Å². The summed E-state index contributed by atoms with van der Waals surface area (Å²) in [6, 6.07) is 18.1. The van der Waals surface area contributed by atoms with E-state index in [1.165, 1.54) is 5.56 Å². The maximum atomic E-state index is 10.9. The van der Waals surface area contributed by atoms with E-state index in [-0.39, 0.29) is 5.91 Å². The van der Waals surface area contributed by atoms with Crippen molar-refractivity contribution in [1.29, 1.82) is 0 Å². The molecule has 4 heteroatoms. The van der Waals surface area contributed by atoms with Gasteiger partial charge in [0, 0.05) is 6.42 Å². The highest BCUT2D eigenvalue weighted by atomic mass is 16.5. The summed E-state index contributed by atoms with van der Waals surface area (Å²) >= 11 is 0. The zero-order valence-electron chi connectivity index (χ0n) is 11.2. The van der Waals surface area contributed by atoms with E-state index in [0.717, 1.165) is 11.3 Å². The average Bonchev–Trinajstić information content (AvgIpc) is 2.52. The van der Waals surface area contributed by atoms with Crippen molar-refractivity contribution in [3.05, 3.63) is 54.6 Å². The van der Waals surface area contributed by atoms with Gasteiger partial charge in [0.1, 0.15) is 5.75 Å². The minimum Gasteiger partial charge on any atom is -0.494 e. The van der Waals surface area contributed by atoms with Crippen LogP contribution in [0.15, 0.2) is 54.6 Å². The van der Waals surface area contributed by atoms with Crippen LogP contribution < -0.4 is 16.0 Å². The smallest absolute Gasteiger partial charge is 0.234 e. The van der Waals surface area contributed by atoms with E-state index in [0.29, 0.717) is 19.4 Å². The van der Waals surface area contributed by atoms with Crippen molar-refractivity contribution >= 4 is 5.91 Å². The Morgan fingerprint density at radius 2 is 1.65 bits per heavy atom. The van der Waals surface area contributed by atoms with Crippen LogP contribution in [0.1, 0.15) is 12.8 Å². The van der Waals surface area contributed by atoms with E-state index >= 15 is 0 Å². The highest BCUT2D eigenvalue weighted by Gasteiger charge is 2.00. The third-order valence-electron chi connectivity index (χ3n) is 2.94. The summed E-state index contributed by atoms with van der Waals surface area (Å²) in [4.78, 5) is 10.9. The zero-order chi connectivity index (χ0) is 14.2. The van der Waals surface area contributed by atoms with Gasteiger partial charge in [-0.15, -0.1) is 0 Å². The number of hydrazine groups is 1. The molecule has 0 bridgehead atoms. The van der Waals surface area contributed by atoms with Gasteiger partial charge in [-0.25, -0.2) is 5.84 Å². The van der Waals surface area contributed by atoms with Gasteiger partial charge < -0.3 is 4.74 Å². The van der Waals surface area contributed by atoms with Crippen molar-refractivity contribution in [2.45, 2.75) is 12.8 Å². The lowest BCUT2D eigenvalue weighted by atomic mass is 10.1. The molecule has 0 aromatic heterocycles. The minimum absolute atomic E-state index is 0.173. The molecular weight excluding hydrogens is 252 g/mol. The molecule has 104 valence electrons. The number of nitrogens with one attached hydrogen (secondary N) is 1. The first-order valence-electron chi connectivity index (χ1n) is 6.57. The third kappa shape index (κ3) is 4.10. The number of hydrogen-bond acceptors (Lipinski definition) is 3. The molecule has 0 saturated carbocycles. The summed E-state index contributed by atoms with van der Waals surface area (Å²) in [5.41, 5.74) is 4.43. The summed E-state index contributed by atoms with van der Waals surface area (Å²) in [5.74, 6) is 5.63. The molecular formula is C16H18N2O2. The second kappa shape index (κ2) is 7.31. The number of rotatable bonds is 6. The summed E-state index contributed by atoms with van der Waals surface area (Å²) in [6.07, 6.45) is 1.02. The highest BCUT2D eigenvalue weighted by Crippen LogP contribution is 2.22. The zero-order valence-corrected chi connectivity index (χ0v) is 11.2. The second-order valence-electron chi connectivity index (χ2n) is 4.41. The van der Waals surface area contributed by atoms with Gasteiger partial charge in [-0.05, 0) is 29.7 Å². The predicted molar refractivity (Wildman–Crippen MR) is 78.9 cm³/mol. The Morgan fingerprint density at radius 3 is 2.30 bits per heavy atom. The van der Waals surface area contributed by atoms with E-state index < -0.39 is 0 Å². The second-order valence-corrected chi connectivity index (χ2v) is 4.41. The Balaban J connectivity index is 1.85. The molecule has 0 aliphatic carbocycles. The molecule has 0 unspecified atom stereocenters. The van der Waals surface area contributed by atoms with Crippen LogP contribution >= 0.6 is 0 Å². The quantitative estimate of drug-likeness (QED) is 0.367. The van der Waals surface area contributed by atoms with E-state index in [1.807, 2.05) is 42.5 Å². The first-order valence-corrected chi connectivity index (χ1v) is 6.57. The summed E-state index contributed by atoms with van der Waals surface area (Å²) in [5, 5.41) is 0. The van der Waals surface area contributed by atoms with Crippen molar-refractivity contribution in [3.63, 3.8) is 0 Å². The maximum Gasteiger partial charge on any atom is 0.234 e. The summed E-state index contributed by atoms with van der Waals surface area (Å²) in [7, 11) is 0. The van der Waals surface area contributed by atoms with Crippen LogP contribution in [0.5, 0.6) is 5.75 Å². The van der Waals surface area contributed by atoms with Crippen LogP contribution in [-0.2, 0) is 4.79 Å². The van der Waals surface area contributed by atoms with Crippen LogP contribution in [0.3, 0.4) is 0 Å². The van der Waals surface area contributed by atoms with E-state index in [1.54, 1.807) is 0 Å². The number of nitrogens with two attached hydrogens (primary N) is 1. The lowest BCUT2D eigenvalue weighted by Gasteiger charge is -2.07. The fourth-order valence-corrected chi connectivity index (χ4v) is 1.87. The molecule has 0 radical (unpaired) electrons. The third-order valence-corrected chi connectivity index (χ3v) is 2.94. The number of carbonyl (C=O) groups is 1. The molecule has 3 N–H and O–H groups in total. The van der Waals surface area contributed by atoms with Gasteiger partial charge >= 0.3 is 0 Å². The highest BCUT2D eigenvalue weighted by molar-refractivity contribution is 5.75. The fourth-order valence-electron chi connectivity index (χ4n) is 1.87. The molecule has 0 aliphatic rings. The number of benzene rings is 2. The molecule has 20 heavy (non-hydrogen) atoms. The van der Waals surface area contributed by atoms with Gasteiger partial charge in [-0.3, -0.25) is 10.2 Å². The van der Waals surface area contributed by atoms with Crippen molar-refractivity contribution < 1.29 is 9.53 Å². The van der Waals surface area contributed by atoms with Gasteiger partial charge in [0.25, 0.3) is 0 Å². The summed E-state index contributed by atoms with van der Waals surface area (Å²) in [6.45, 7) is 0.498. The number of carbonyl (C=O) groups excluding carboxylic acids is 1. The molecule has 2 rings (SSSR count). The average molecular weight is 270 g/mol. The van der Waals surface area contributed by atoms with Crippen molar-refractivity contribution in [3.8, 4) is 16.9 Å². The maximum absolute atomic E-state index is 10.9. The molecule has 2 aromatic rings. The normalized spacial score (nSPS) is 10.1. The Hall–Kier alpha value is -2.33. The molecule has 4 nitrogen and oxygen atoms in total. The molecule has 0 aliphatic heterocycles. The largest absolute Gasteiger partial charge is 0.494 e. The lowest BCUT2D eigenvalue weighted by molar-refractivity contribution is -0.121. The van der Waals surface area contributed by atoms with Gasteiger partial charge in [-0.2, -0.15) is 0 Å². The van der Waals surface area contributed by atoms with Crippen molar-refractivity contribution in [2.75, 3.05) is 6.61 Å². The monoisotopic (exact) mass is 270 g/mol. The van der Waals surface area contributed by atoms with Crippen LogP contribution in [0.2, 0.25) is 0 Å². The van der Waals surface area contributed by atoms with Gasteiger partial charge in [0.15, 0.2) is 0 Å². The van der Waals surface area contributed by atoms with Gasteiger partial charge in [0.2, 0.25) is 5.91 Å². The Labute approximate surface area is 118 Å². The molecule has 2 aromatic carbocycles. The summed E-state index contributed by atoms with van der Waals surface area (Å²) < 4.78 is 5.57. The fraction of sp³-hybridized carbons (Fsp3) is 0.188. The minimum atomic E-state index is -0.173. The number of hydrogen-bond donors (Lipinski definition) is 2. The number of ether oxygens (including phenoxy) is 1. The van der Waals surface area contributed by atoms with Crippen molar-refractivity contribution in [2.24, 2.45) is 5.84 Å². The Kier molecular flexibility index (Phi) is 5.15. The Bertz CT molecular complexity index is 538. The van der Waals surface area contributed by atoms with E-state index in [9.17, 15) is 4.79 Å². The van der Waals surface area contributed by atoms with Gasteiger partial charge in [0.05, 0.1) is 6.61 Å². The molecule has 0 fully saturated rings.